The first-order chi connectivity index (χ1) is 12.1. The smallest absolute Gasteiger partial charge is 0.308 e. The molecule has 1 fully saturated rings. The van der Waals surface area contributed by atoms with E-state index < -0.39 is 46.6 Å². The minimum atomic E-state index is -1.75. The molecule has 1 aromatic rings. The van der Waals surface area contributed by atoms with Crippen molar-refractivity contribution in [2.24, 2.45) is 0 Å². The van der Waals surface area contributed by atoms with Gasteiger partial charge in [0.2, 0.25) is 17.6 Å². The predicted octanol–water partition coefficient (Wildman–Crippen LogP) is 2.17. The Morgan fingerprint density at radius 2 is 1.88 bits per heavy atom. The highest BCUT2D eigenvalue weighted by molar-refractivity contribution is 6.30. The van der Waals surface area contributed by atoms with E-state index >= 15 is 0 Å². The molecule has 3 rings (SSSR count). The van der Waals surface area contributed by atoms with E-state index in [0.717, 1.165) is 13.0 Å². The van der Waals surface area contributed by atoms with Gasteiger partial charge in [-0.15, -0.1) is 0 Å². The van der Waals surface area contributed by atoms with Gasteiger partial charge in [0.1, 0.15) is 5.82 Å². The number of carbonyl (C=O) groups is 4. The van der Waals surface area contributed by atoms with Crippen LogP contribution in [0.5, 0.6) is 0 Å². The van der Waals surface area contributed by atoms with E-state index in [2.05, 4.69) is 0 Å². The van der Waals surface area contributed by atoms with Crippen LogP contribution in [0.1, 0.15) is 32.3 Å². The molecule has 1 unspecified atom stereocenters. The zero-order valence-corrected chi connectivity index (χ0v) is 14.6. The summed E-state index contributed by atoms with van der Waals surface area (Å²) >= 11 is 5.77. The quantitative estimate of drug-likeness (QED) is 0.589. The van der Waals surface area contributed by atoms with E-state index in [-0.39, 0.29) is 23.4 Å². The molecule has 2 aliphatic rings. The van der Waals surface area contributed by atoms with E-state index in [0.29, 0.717) is 4.90 Å². The molecule has 7 nitrogen and oxygen atoms in total. The number of ketones is 1. The van der Waals surface area contributed by atoms with Crippen LogP contribution < -0.4 is 0 Å². The summed E-state index contributed by atoms with van der Waals surface area (Å²) in [6, 6.07) is 3.52. The van der Waals surface area contributed by atoms with E-state index in [4.69, 9.17) is 21.1 Å². The van der Waals surface area contributed by atoms with Gasteiger partial charge in [0, 0.05) is 25.3 Å². The van der Waals surface area contributed by atoms with Crippen molar-refractivity contribution in [3.8, 4) is 0 Å². The number of esters is 1. The van der Waals surface area contributed by atoms with E-state index in [1.807, 2.05) is 0 Å². The molecule has 0 aliphatic carbocycles. The lowest BCUT2D eigenvalue weighted by atomic mass is 9.91. The number of Topliss-reactive ketones (excluding diaryl/α,β-unsaturated/α-hetero) is 1. The Morgan fingerprint density at radius 1 is 1.27 bits per heavy atom. The Morgan fingerprint density at radius 3 is 2.42 bits per heavy atom. The first-order valence-electron chi connectivity index (χ1n) is 7.63. The maximum absolute atomic E-state index is 13.4. The second-order valence-corrected chi connectivity index (χ2v) is 6.35. The minimum absolute atomic E-state index is 0.0493. The number of nitrogens with zero attached hydrogens (tertiary/aromatic N) is 1. The monoisotopic (exact) mass is 381 g/mol. The number of hydrogen-bond donors (Lipinski definition) is 0. The molecule has 0 saturated carbocycles. The second-order valence-electron chi connectivity index (χ2n) is 5.94. The Bertz CT molecular complexity index is 879. The summed E-state index contributed by atoms with van der Waals surface area (Å²) in [5.74, 6) is -4.46. The lowest BCUT2D eigenvalue weighted by Crippen LogP contribution is -2.33. The van der Waals surface area contributed by atoms with Crippen molar-refractivity contribution >= 4 is 35.2 Å². The van der Waals surface area contributed by atoms with Gasteiger partial charge in [-0.1, -0.05) is 17.7 Å². The molecule has 0 bridgehead atoms. The van der Waals surface area contributed by atoms with E-state index in [1.165, 1.54) is 19.1 Å². The SMILES string of the molecule is CC(=O)OC1=C(N2C(=O)CCC2=O)OC(C)(c2ccc(F)c(Cl)c2)C1=O. The van der Waals surface area contributed by atoms with Crippen molar-refractivity contribution in [3.05, 3.63) is 46.2 Å². The third-order valence-corrected chi connectivity index (χ3v) is 4.40. The third kappa shape index (κ3) is 2.76. The van der Waals surface area contributed by atoms with Crippen LogP contribution in [0.4, 0.5) is 4.39 Å². The molecule has 136 valence electrons. The summed E-state index contributed by atoms with van der Waals surface area (Å²) in [6.07, 6.45) is -0.0986. The van der Waals surface area contributed by atoms with Gasteiger partial charge in [0.05, 0.1) is 5.02 Å². The molecule has 0 spiro atoms. The van der Waals surface area contributed by atoms with Gasteiger partial charge in [-0.2, -0.15) is 0 Å². The fraction of sp³-hybridized carbons (Fsp3) is 0.294. The molecule has 2 heterocycles. The van der Waals surface area contributed by atoms with Gasteiger partial charge in [0.25, 0.3) is 11.7 Å². The molecule has 1 aromatic carbocycles. The Hall–Kier alpha value is -2.74. The fourth-order valence-electron chi connectivity index (χ4n) is 2.77. The van der Waals surface area contributed by atoms with Gasteiger partial charge < -0.3 is 9.47 Å². The number of rotatable bonds is 3. The maximum Gasteiger partial charge on any atom is 0.308 e. The van der Waals surface area contributed by atoms with Crippen LogP contribution in [0.2, 0.25) is 5.02 Å². The molecule has 9 heteroatoms. The van der Waals surface area contributed by atoms with Gasteiger partial charge in [0.15, 0.2) is 5.60 Å². The van der Waals surface area contributed by atoms with Crippen LogP contribution in [-0.2, 0) is 34.3 Å². The highest BCUT2D eigenvalue weighted by Crippen LogP contribution is 2.42. The van der Waals surface area contributed by atoms with Crippen molar-refractivity contribution in [2.75, 3.05) is 0 Å². The summed E-state index contributed by atoms with van der Waals surface area (Å²) in [4.78, 5) is 49.0. The number of hydrogen-bond acceptors (Lipinski definition) is 6. The number of imide groups is 1. The molecule has 0 aromatic heterocycles. The highest BCUT2D eigenvalue weighted by atomic mass is 35.5. The molecule has 1 atom stereocenters. The lowest BCUT2D eigenvalue weighted by Gasteiger charge is -2.25. The summed E-state index contributed by atoms with van der Waals surface area (Å²) < 4.78 is 24.0. The van der Waals surface area contributed by atoms with E-state index in [1.54, 1.807) is 0 Å². The summed E-state index contributed by atoms with van der Waals surface area (Å²) in [7, 11) is 0. The standard InChI is InChI=1S/C17H13ClFNO6/c1-8(21)25-14-15(24)17(2,9-3-4-11(19)10(18)7-9)26-16(14)20-12(22)5-6-13(20)23/h3-4,7H,5-6H2,1-2H3. The number of carbonyl (C=O) groups excluding carboxylic acids is 4. The molecular weight excluding hydrogens is 369 g/mol. The highest BCUT2D eigenvalue weighted by Gasteiger charge is 2.53. The summed E-state index contributed by atoms with van der Waals surface area (Å²) in [5, 5.41) is -0.240. The molecule has 1 saturated heterocycles. The molecule has 26 heavy (non-hydrogen) atoms. The zero-order valence-electron chi connectivity index (χ0n) is 13.8. The van der Waals surface area contributed by atoms with Gasteiger partial charge in [-0.3, -0.25) is 19.2 Å². The summed E-state index contributed by atoms with van der Waals surface area (Å²) in [6.45, 7) is 2.41. The van der Waals surface area contributed by atoms with Crippen molar-refractivity contribution in [2.45, 2.75) is 32.3 Å². The largest absolute Gasteiger partial charge is 0.456 e. The Kier molecular flexibility index (Phi) is 4.31. The van der Waals surface area contributed by atoms with E-state index in [9.17, 15) is 23.6 Å². The van der Waals surface area contributed by atoms with Gasteiger partial charge in [-0.25, -0.2) is 9.29 Å². The fourth-order valence-corrected chi connectivity index (χ4v) is 2.95. The van der Waals surface area contributed by atoms with Crippen molar-refractivity contribution in [1.29, 1.82) is 0 Å². The Labute approximate surface area is 152 Å². The van der Waals surface area contributed by atoms with Crippen LogP contribution in [0.25, 0.3) is 0 Å². The predicted molar refractivity (Wildman–Crippen MR) is 84.7 cm³/mol. The molecule has 2 aliphatic heterocycles. The number of halogens is 2. The van der Waals surface area contributed by atoms with Gasteiger partial charge in [-0.05, 0) is 19.1 Å². The number of ether oxygens (including phenoxy) is 2. The maximum atomic E-state index is 13.4. The zero-order chi connectivity index (χ0) is 19.2. The van der Waals surface area contributed by atoms with Crippen LogP contribution >= 0.6 is 11.6 Å². The summed E-state index contributed by atoms with van der Waals surface area (Å²) in [5.41, 5.74) is -1.58. The number of likely N-dealkylation sites (tertiary alicyclic amines) is 1. The topological polar surface area (TPSA) is 90.0 Å². The van der Waals surface area contributed by atoms with Crippen LogP contribution in [0.3, 0.4) is 0 Å². The normalized spacial score (nSPS) is 22.9. The van der Waals surface area contributed by atoms with Crippen LogP contribution in [0, 0.1) is 5.82 Å². The first kappa shape index (κ1) is 18.1. The number of benzene rings is 1. The average molecular weight is 382 g/mol. The lowest BCUT2D eigenvalue weighted by molar-refractivity contribution is -0.144. The molecular formula is C17H13ClFNO6. The molecule has 0 N–H and O–H groups in total. The van der Waals surface area contributed by atoms with Crippen molar-refractivity contribution in [3.63, 3.8) is 0 Å². The van der Waals surface area contributed by atoms with Crippen molar-refractivity contribution < 1.29 is 33.0 Å². The third-order valence-electron chi connectivity index (χ3n) is 4.11. The average Bonchev–Trinajstić information content (AvgIpc) is 3.02. The van der Waals surface area contributed by atoms with Crippen LogP contribution in [-0.4, -0.2) is 28.5 Å². The Balaban J connectivity index is 2.09. The van der Waals surface area contributed by atoms with Crippen molar-refractivity contribution in [1.82, 2.24) is 4.90 Å². The number of amides is 2. The van der Waals surface area contributed by atoms with Gasteiger partial charge >= 0.3 is 5.97 Å². The van der Waals surface area contributed by atoms with Crippen LogP contribution in [0.15, 0.2) is 29.8 Å². The molecule has 2 amide bonds. The second kappa shape index (κ2) is 6.21. The first-order valence-corrected chi connectivity index (χ1v) is 8.00. The minimum Gasteiger partial charge on any atom is -0.456 e. The molecule has 0 radical (unpaired) electrons.